The smallest absolute Gasteiger partial charge is 0.263 e. The Morgan fingerprint density at radius 2 is 1.73 bits per heavy atom. The monoisotopic (exact) mass is 344 g/mol. The highest BCUT2D eigenvalue weighted by atomic mass is 35.5. The molecule has 120 valence electrons. The lowest BCUT2D eigenvalue weighted by Crippen LogP contribution is -2.52. The van der Waals surface area contributed by atoms with Gasteiger partial charge < -0.3 is 14.5 Å². The van der Waals surface area contributed by atoms with Crippen LogP contribution in [0.5, 0.6) is 5.75 Å². The average Bonchev–Trinajstić information content (AvgIpc) is 2.49. The lowest BCUT2D eigenvalue weighted by molar-refractivity contribution is -0.143. The molecule has 1 aliphatic rings. The van der Waals surface area contributed by atoms with Crippen molar-refractivity contribution in [3.8, 4) is 5.75 Å². The van der Waals surface area contributed by atoms with Crippen molar-refractivity contribution >= 4 is 35.0 Å². The molecular formula is C15H18Cl2N2O3. The molecule has 1 saturated heterocycles. The Bertz CT molecular complexity index is 572. The van der Waals surface area contributed by atoms with Crippen LogP contribution < -0.4 is 4.74 Å². The molecule has 0 N–H and O–H groups in total. The Morgan fingerprint density at radius 3 is 2.27 bits per heavy atom. The van der Waals surface area contributed by atoms with E-state index in [1.807, 2.05) is 0 Å². The molecule has 0 radical (unpaired) electrons. The molecule has 1 aromatic rings. The summed E-state index contributed by atoms with van der Waals surface area (Å²) in [5.41, 5.74) is 0. The largest absolute Gasteiger partial charge is 0.479 e. The van der Waals surface area contributed by atoms with Crippen molar-refractivity contribution in [1.82, 2.24) is 9.80 Å². The molecule has 0 spiro atoms. The first-order chi connectivity index (χ1) is 10.4. The Morgan fingerprint density at radius 1 is 1.14 bits per heavy atom. The van der Waals surface area contributed by atoms with Crippen LogP contribution in [-0.4, -0.2) is 53.9 Å². The van der Waals surface area contributed by atoms with E-state index >= 15 is 0 Å². The Labute approximate surface area is 139 Å². The lowest BCUT2D eigenvalue weighted by Gasteiger charge is -2.35. The Balaban J connectivity index is 1.94. The second kappa shape index (κ2) is 7.20. The normalized spacial score (nSPS) is 16.4. The van der Waals surface area contributed by atoms with E-state index in [4.69, 9.17) is 27.9 Å². The van der Waals surface area contributed by atoms with Gasteiger partial charge in [-0.3, -0.25) is 9.59 Å². The van der Waals surface area contributed by atoms with Gasteiger partial charge in [-0.1, -0.05) is 23.2 Å². The second-order valence-electron chi connectivity index (χ2n) is 5.17. The fourth-order valence-electron chi connectivity index (χ4n) is 2.31. The Kier molecular flexibility index (Phi) is 5.53. The zero-order valence-electron chi connectivity index (χ0n) is 12.5. The predicted octanol–water partition coefficient (Wildman–Crippen LogP) is 2.45. The van der Waals surface area contributed by atoms with Crippen LogP contribution >= 0.6 is 23.2 Å². The second-order valence-corrected chi connectivity index (χ2v) is 6.01. The standard InChI is InChI=1S/C15H18Cl2N2O3/c1-10(22-14-4-3-12(16)9-13(14)17)15(21)19-7-5-18(6-8-19)11(2)20/h3-4,9-10H,5-8H2,1-2H3/t10-/m0/s1. The summed E-state index contributed by atoms with van der Waals surface area (Å²) in [5, 5.41) is 0.880. The highest BCUT2D eigenvalue weighted by molar-refractivity contribution is 6.35. The van der Waals surface area contributed by atoms with Crippen molar-refractivity contribution in [1.29, 1.82) is 0 Å². The number of nitrogens with zero attached hydrogens (tertiary/aromatic N) is 2. The van der Waals surface area contributed by atoms with E-state index < -0.39 is 6.10 Å². The van der Waals surface area contributed by atoms with Gasteiger partial charge in [0.1, 0.15) is 5.75 Å². The van der Waals surface area contributed by atoms with E-state index in [1.54, 1.807) is 34.9 Å². The maximum absolute atomic E-state index is 12.4. The van der Waals surface area contributed by atoms with E-state index in [-0.39, 0.29) is 11.8 Å². The minimum Gasteiger partial charge on any atom is -0.479 e. The van der Waals surface area contributed by atoms with Gasteiger partial charge in [-0.2, -0.15) is 0 Å². The van der Waals surface area contributed by atoms with Crippen LogP contribution in [0.2, 0.25) is 10.0 Å². The number of carbonyl (C=O) groups is 2. The van der Waals surface area contributed by atoms with Crippen molar-refractivity contribution in [3.63, 3.8) is 0 Å². The highest BCUT2D eigenvalue weighted by Crippen LogP contribution is 2.28. The average molecular weight is 345 g/mol. The topological polar surface area (TPSA) is 49.9 Å². The quantitative estimate of drug-likeness (QED) is 0.846. The molecule has 5 nitrogen and oxygen atoms in total. The number of halogens is 2. The molecule has 1 aliphatic heterocycles. The van der Waals surface area contributed by atoms with Crippen LogP contribution in [0.4, 0.5) is 0 Å². The van der Waals surface area contributed by atoms with Crippen molar-refractivity contribution in [2.45, 2.75) is 20.0 Å². The molecule has 2 amide bonds. The number of piperazine rings is 1. The van der Waals surface area contributed by atoms with Crippen molar-refractivity contribution < 1.29 is 14.3 Å². The zero-order chi connectivity index (χ0) is 16.3. The molecule has 22 heavy (non-hydrogen) atoms. The first kappa shape index (κ1) is 16.9. The number of carbonyl (C=O) groups excluding carboxylic acids is 2. The summed E-state index contributed by atoms with van der Waals surface area (Å²) in [6, 6.07) is 4.87. The van der Waals surface area contributed by atoms with Gasteiger partial charge in [-0.05, 0) is 25.1 Å². The van der Waals surface area contributed by atoms with Gasteiger partial charge in [0.05, 0.1) is 5.02 Å². The first-order valence-corrected chi connectivity index (χ1v) is 7.80. The van der Waals surface area contributed by atoms with Gasteiger partial charge in [0.25, 0.3) is 5.91 Å². The summed E-state index contributed by atoms with van der Waals surface area (Å²) in [6.45, 7) is 5.35. The molecule has 0 unspecified atom stereocenters. The zero-order valence-corrected chi connectivity index (χ0v) is 14.0. The summed E-state index contributed by atoms with van der Waals surface area (Å²) < 4.78 is 5.63. The van der Waals surface area contributed by atoms with Crippen LogP contribution in [0, 0.1) is 0 Å². The van der Waals surface area contributed by atoms with E-state index in [0.29, 0.717) is 42.0 Å². The summed E-state index contributed by atoms with van der Waals surface area (Å²) in [4.78, 5) is 27.1. The van der Waals surface area contributed by atoms with Gasteiger partial charge >= 0.3 is 0 Å². The first-order valence-electron chi connectivity index (χ1n) is 7.04. The fourth-order valence-corrected chi connectivity index (χ4v) is 2.76. The van der Waals surface area contributed by atoms with Gasteiger partial charge in [0, 0.05) is 38.1 Å². The summed E-state index contributed by atoms with van der Waals surface area (Å²) in [7, 11) is 0. The number of hydrogen-bond donors (Lipinski definition) is 0. The SMILES string of the molecule is CC(=O)N1CCN(C(=O)[C@H](C)Oc2ccc(Cl)cc2Cl)CC1. The molecule has 0 aliphatic carbocycles. The number of hydrogen-bond acceptors (Lipinski definition) is 3. The van der Waals surface area contributed by atoms with Crippen LogP contribution in [0.25, 0.3) is 0 Å². The predicted molar refractivity (Wildman–Crippen MR) is 85.4 cm³/mol. The summed E-state index contributed by atoms with van der Waals surface area (Å²) >= 11 is 11.9. The molecule has 0 saturated carbocycles. The van der Waals surface area contributed by atoms with Crippen molar-refractivity contribution in [3.05, 3.63) is 28.2 Å². The minimum atomic E-state index is -0.650. The molecule has 7 heteroatoms. The molecule has 0 bridgehead atoms. The molecule has 2 rings (SSSR count). The summed E-state index contributed by atoms with van der Waals surface area (Å²) in [5.74, 6) is 0.341. The van der Waals surface area contributed by atoms with Gasteiger partial charge in [-0.15, -0.1) is 0 Å². The highest BCUT2D eigenvalue weighted by Gasteiger charge is 2.27. The van der Waals surface area contributed by atoms with Gasteiger partial charge in [-0.25, -0.2) is 0 Å². The van der Waals surface area contributed by atoms with Gasteiger partial charge in [0.15, 0.2) is 6.10 Å². The fraction of sp³-hybridized carbons (Fsp3) is 0.467. The number of ether oxygens (including phenoxy) is 1. The van der Waals surface area contributed by atoms with Crippen LogP contribution in [0.15, 0.2) is 18.2 Å². The van der Waals surface area contributed by atoms with E-state index in [2.05, 4.69) is 0 Å². The summed E-state index contributed by atoms with van der Waals surface area (Å²) in [6.07, 6.45) is -0.650. The minimum absolute atomic E-state index is 0.0318. The third kappa shape index (κ3) is 4.05. The lowest BCUT2D eigenvalue weighted by atomic mass is 10.2. The van der Waals surface area contributed by atoms with Crippen LogP contribution in [-0.2, 0) is 9.59 Å². The maximum atomic E-state index is 12.4. The van der Waals surface area contributed by atoms with Crippen molar-refractivity contribution in [2.75, 3.05) is 26.2 Å². The molecule has 0 aromatic heterocycles. The molecule has 1 atom stereocenters. The molecular weight excluding hydrogens is 327 g/mol. The van der Waals surface area contributed by atoms with E-state index in [9.17, 15) is 9.59 Å². The maximum Gasteiger partial charge on any atom is 0.263 e. The molecule has 1 heterocycles. The van der Waals surface area contributed by atoms with Crippen LogP contribution in [0.1, 0.15) is 13.8 Å². The van der Waals surface area contributed by atoms with Gasteiger partial charge in [0.2, 0.25) is 5.91 Å². The number of benzene rings is 1. The van der Waals surface area contributed by atoms with E-state index in [1.165, 1.54) is 6.92 Å². The van der Waals surface area contributed by atoms with E-state index in [0.717, 1.165) is 0 Å². The number of rotatable bonds is 3. The Hall–Kier alpha value is -1.46. The molecule has 1 aromatic carbocycles. The number of amides is 2. The van der Waals surface area contributed by atoms with Crippen molar-refractivity contribution in [2.24, 2.45) is 0 Å². The third-order valence-electron chi connectivity index (χ3n) is 3.58. The third-order valence-corrected chi connectivity index (χ3v) is 4.11. The van der Waals surface area contributed by atoms with Crippen LogP contribution in [0.3, 0.4) is 0 Å². The molecule has 1 fully saturated rings.